The maximum Gasteiger partial charge on any atom is 0.320 e. The zero-order chi connectivity index (χ0) is 13.4. The molecule has 1 aliphatic rings. The van der Waals surface area contributed by atoms with Crippen LogP contribution in [0.1, 0.15) is 38.5 Å². The standard InChI is InChI=1S/C14H20O4/c1-17-13(15)12(14(16)18-2)10-6-9-11-7-4-3-5-8-11/h6,12H,3-5,7-8,10H2,1-2H3. The number of carbonyl (C=O) groups excluding carboxylic acids is 2. The molecule has 0 atom stereocenters. The number of hydrogen-bond donors (Lipinski definition) is 0. The lowest BCUT2D eigenvalue weighted by Crippen LogP contribution is -2.25. The second-order valence-electron chi connectivity index (χ2n) is 4.35. The molecule has 0 aliphatic heterocycles. The van der Waals surface area contributed by atoms with Crippen LogP contribution in [0.4, 0.5) is 0 Å². The molecule has 0 aromatic carbocycles. The molecule has 100 valence electrons. The zero-order valence-electron chi connectivity index (χ0n) is 11.0. The second kappa shape index (κ2) is 7.72. The van der Waals surface area contributed by atoms with Gasteiger partial charge in [0.2, 0.25) is 0 Å². The Morgan fingerprint density at radius 3 is 2.22 bits per heavy atom. The molecule has 0 spiro atoms. The summed E-state index contributed by atoms with van der Waals surface area (Å²) in [5.41, 5.74) is 4.46. The van der Waals surface area contributed by atoms with Gasteiger partial charge in [-0.3, -0.25) is 9.59 Å². The van der Waals surface area contributed by atoms with Crippen molar-refractivity contribution in [1.82, 2.24) is 0 Å². The number of allylic oxidation sites excluding steroid dienone is 1. The molecule has 1 rings (SSSR count). The van der Waals surface area contributed by atoms with E-state index in [-0.39, 0.29) is 6.42 Å². The summed E-state index contributed by atoms with van der Waals surface area (Å²) in [7, 11) is 2.53. The van der Waals surface area contributed by atoms with Gasteiger partial charge in [-0.15, -0.1) is 5.73 Å². The average Bonchev–Trinajstić information content (AvgIpc) is 2.43. The van der Waals surface area contributed by atoms with E-state index in [1.54, 1.807) is 6.08 Å². The molecule has 0 aromatic heterocycles. The Bertz CT molecular complexity index is 340. The highest BCUT2D eigenvalue weighted by molar-refractivity contribution is 5.94. The van der Waals surface area contributed by atoms with Crippen LogP contribution in [0, 0.1) is 5.92 Å². The van der Waals surface area contributed by atoms with Crippen LogP contribution in [-0.2, 0) is 19.1 Å². The zero-order valence-corrected chi connectivity index (χ0v) is 11.0. The van der Waals surface area contributed by atoms with Gasteiger partial charge in [-0.25, -0.2) is 0 Å². The molecule has 0 saturated heterocycles. The smallest absolute Gasteiger partial charge is 0.320 e. The lowest BCUT2D eigenvalue weighted by molar-refractivity contribution is -0.158. The molecule has 0 radical (unpaired) electrons. The van der Waals surface area contributed by atoms with Crippen molar-refractivity contribution in [2.75, 3.05) is 14.2 Å². The number of hydrogen-bond acceptors (Lipinski definition) is 4. The van der Waals surface area contributed by atoms with E-state index in [0.29, 0.717) is 0 Å². The predicted molar refractivity (Wildman–Crippen MR) is 66.8 cm³/mol. The first kappa shape index (κ1) is 14.5. The van der Waals surface area contributed by atoms with Gasteiger partial charge >= 0.3 is 11.9 Å². The fourth-order valence-electron chi connectivity index (χ4n) is 2.02. The van der Waals surface area contributed by atoms with Gasteiger partial charge in [0.25, 0.3) is 0 Å². The summed E-state index contributed by atoms with van der Waals surface area (Å²) in [5, 5.41) is 0. The summed E-state index contributed by atoms with van der Waals surface area (Å²) in [4.78, 5) is 22.8. The third kappa shape index (κ3) is 4.38. The number of carbonyl (C=O) groups is 2. The van der Waals surface area contributed by atoms with E-state index in [2.05, 4.69) is 15.2 Å². The van der Waals surface area contributed by atoms with Crippen molar-refractivity contribution in [3.63, 3.8) is 0 Å². The lowest BCUT2D eigenvalue weighted by Gasteiger charge is -2.11. The Labute approximate surface area is 108 Å². The molecule has 0 bridgehead atoms. The van der Waals surface area contributed by atoms with Crippen molar-refractivity contribution < 1.29 is 19.1 Å². The van der Waals surface area contributed by atoms with Gasteiger partial charge in [-0.2, -0.15) is 0 Å². The molecule has 1 aliphatic carbocycles. The normalized spacial score (nSPS) is 14.9. The molecular formula is C14H20O4. The van der Waals surface area contributed by atoms with Crippen LogP contribution in [0.25, 0.3) is 0 Å². The minimum absolute atomic E-state index is 0.281. The van der Waals surface area contributed by atoms with Crippen LogP contribution < -0.4 is 0 Å². The second-order valence-corrected chi connectivity index (χ2v) is 4.35. The minimum Gasteiger partial charge on any atom is -0.468 e. The molecule has 1 saturated carbocycles. The quantitative estimate of drug-likeness (QED) is 0.438. The van der Waals surface area contributed by atoms with Gasteiger partial charge < -0.3 is 9.47 Å². The first-order chi connectivity index (χ1) is 8.69. The molecule has 0 amide bonds. The van der Waals surface area contributed by atoms with E-state index >= 15 is 0 Å². The fraction of sp³-hybridized carbons (Fsp3) is 0.643. The SMILES string of the molecule is COC(=O)C(CC=C=C1CCCCC1)C(=O)OC. The third-order valence-electron chi connectivity index (χ3n) is 3.09. The lowest BCUT2D eigenvalue weighted by atomic mass is 9.95. The van der Waals surface area contributed by atoms with E-state index in [0.717, 1.165) is 12.8 Å². The summed E-state index contributed by atoms with van der Waals surface area (Å²) in [6.45, 7) is 0. The van der Waals surface area contributed by atoms with Crippen LogP contribution in [-0.4, -0.2) is 26.2 Å². The fourth-order valence-corrected chi connectivity index (χ4v) is 2.02. The van der Waals surface area contributed by atoms with E-state index < -0.39 is 17.9 Å². The van der Waals surface area contributed by atoms with Crippen molar-refractivity contribution >= 4 is 11.9 Å². The number of methoxy groups -OCH3 is 2. The highest BCUT2D eigenvalue weighted by atomic mass is 16.5. The van der Waals surface area contributed by atoms with Gasteiger partial charge in [0.15, 0.2) is 5.92 Å². The summed E-state index contributed by atoms with van der Waals surface area (Å²) in [6.07, 6.45) is 7.84. The van der Waals surface area contributed by atoms with Crippen molar-refractivity contribution in [2.45, 2.75) is 38.5 Å². The summed E-state index contributed by atoms with van der Waals surface area (Å²) in [5.74, 6) is -2.00. The van der Waals surface area contributed by atoms with Gasteiger partial charge in [0, 0.05) is 0 Å². The average molecular weight is 252 g/mol. The Morgan fingerprint density at radius 2 is 1.72 bits per heavy atom. The molecule has 0 N–H and O–H groups in total. The van der Waals surface area contributed by atoms with E-state index in [9.17, 15) is 9.59 Å². The van der Waals surface area contributed by atoms with Crippen molar-refractivity contribution in [3.05, 3.63) is 17.4 Å². The number of rotatable bonds is 4. The van der Waals surface area contributed by atoms with E-state index in [1.807, 2.05) is 0 Å². The highest BCUT2D eigenvalue weighted by Crippen LogP contribution is 2.21. The maximum atomic E-state index is 11.4. The molecule has 0 heterocycles. The molecule has 0 unspecified atom stereocenters. The first-order valence-corrected chi connectivity index (χ1v) is 6.27. The first-order valence-electron chi connectivity index (χ1n) is 6.27. The van der Waals surface area contributed by atoms with Crippen LogP contribution in [0.5, 0.6) is 0 Å². The van der Waals surface area contributed by atoms with Crippen LogP contribution in [0.2, 0.25) is 0 Å². The van der Waals surface area contributed by atoms with Gasteiger partial charge in [-0.1, -0.05) is 6.42 Å². The largest absolute Gasteiger partial charge is 0.468 e. The van der Waals surface area contributed by atoms with Crippen LogP contribution >= 0.6 is 0 Å². The maximum absolute atomic E-state index is 11.4. The van der Waals surface area contributed by atoms with E-state index in [1.165, 1.54) is 39.1 Å². The van der Waals surface area contributed by atoms with Gasteiger partial charge in [-0.05, 0) is 43.8 Å². The number of ether oxygens (including phenoxy) is 2. The van der Waals surface area contributed by atoms with Crippen LogP contribution in [0.3, 0.4) is 0 Å². The Balaban J connectivity index is 2.63. The predicted octanol–water partition coefficient (Wildman–Crippen LogP) is 2.38. The van der Waals surface area contributed by atoms with Crippen molar-refractivity contribution in [3.8, 4) is 0 Å². The van der Waals surface area contributed by atoms with Crippen molar-refractivity contribution in [1.29, 1.82) is 0 Å². The van der Waals surface area contributed by atoms with Crippen molar-refractivity contribution in [2.24, 2.45) is 5.92 Å². The molecular weight excluding hydrogens is 232 g/mol. The topological polar surface area (TPSA) is 52.6 Å². The molecule has 4 heteroatoms. The molecule has 0 aromatic rings. The molecule has 1 fully saturated rings. The summed E-state index contributed by atoms with van der Waals surface area (Å²) >= 11 is 0. The summed E-state index contributed by atoms with van der Waals surface area (Å²) < 4.78 is 9.17. The van der Waals surface area contributed by atoms with Gasteiger partial charge in [0.05, 0.1) is 14.2 Å². The molecule has 18 heavy (non-hydrogen) atoms. The molecule has 4 nitrogen and oxygen atoms in total. The minimum atomic E-state index is -0.878. The van der Waals surface area contributed by atoms with E-state index in [4.69, 9.17) is 0 Å². The Hall–Kier alpha value is -1.54. The summed E-state index contributed by atoms with van der Waals surface area (Å²) in [6, 6.07) is 0. The highest BCUT2D eigenvalue weighted by Gasteiger charge is 2.27. The van der Waals surface area contributed by atoms with Crippen LogP contribution in [0.15, 0.2) is 17.4 Å². The monoisotopic (exact) mass is 252 g/mol. The van der Waals surface area contributed by atoms with Gasteiger partial charge in [0.1, 0.15) is 0 Å². The Morgan fingerprint density at radius 1 is 1.17 bits per heavy atom. The Kier molecular flexibility index (Phi) is 6.23. The third-order valence-corrected chi connectivity index (χ3v) is 3.09. The number of esters is 2.